The van der Waals surface area contributed by atoms with Crippen molar-refractivity contribution in [3.63, 3.8) is 0 Å². The predicted octanol–water partition coefficient (Wildman–Crippen LogP) is 4.47. The van der Waals surface area contributed by atoms with Crippen molar-refractivity contribution >= 4 is 23.3 Å². The zero-order valence-electron chi connectivity index (χ0n) is 23.0. The highest BCUT2D eigenvalue weighted by molar-refractivity contribution is 7.13. The van der Waals surface area contributed by atoms with Crippen LogP contribution in [0.25, 0.3) is 10.6 Å². The van der Waals surface area contributed by atoms with Gasteiger partial charge >= 0.3 is 11.9 Å². The zero-order chi connectivity index (χ0) is 28.8. The average molecular weight is 560 g/mol. The minimum Gasteiger partial charge on any atom is -0.492 e. The number of carbonyl (C=O) groups is 2. The molecule has 0 aliphatic rings. The van der Waals surface area contributed by atoms with Crippen LogP contribution >= 0.6 is 11.3 Å². The summed E-state index contributed by atoms with van der Waals surface area (Å²) >= 11 is 1.76. The van der Waals surface area contributed by atoms with Crippen molar-refractivity contribution in [1.29, 1.82) is 0 Å². The minimum atomic E-state index is -0.939. The number of aromatic nitrogens is 1. The Kier molecular flexibility index (Phi) is 13.7. The average Bonchev–Trinajstić information content (AvgIpc) is 3.50. The minimum absolute atomic E-state index is 0.343. The van der Waals surface area contributed by atoms with Gasteiger partial charge in [-0.05, 0) is 87.0 Å². The lowest BCUT2D eigenvalue weighted by atomic mass is 10.1. The maximum absolute atomic E-state index is 11.2. The van der Waals surface area contributed by atoms with Crippen LogP contribution in [0, 0.1) is 13.8 Å². The smallest absolute Gasteiger partial charge is 0.333 e. The van der Waals surface area contributed by atoms with Gasteiger partial charge < -0.3 is 35.7 Å². The van der Waals surface area contributed by atoms with Gasteiger partial charge in [-0.2, -0.15) is 0 Å². The molecule has 3 aromatic rings. The summed E-state index contributed by atoms with van der Waals surface area (Å²) in [6.45, 7) is 8.32. The first kappa shape index (κ1) is 32.0. The van der Waals surface area contributed by atoms with Crippen molar-refractivity contribution in [2.24, 2.45) is 11.5 Å². The molecule has 1 aromatic carbocycles. The Morgan fingerprint density at radius 1 is 1.05 bits per heavy atom. The van der Waals surface area contributed by atoms with Crippen LogP contribution in [0.15, 0.2) is 47.8 Å². The topological polar surface area (TPSA) is 150 Å². The number of thiophene rings is 1. The fraction of sp³-hybridized carbons (Fsp3) is 0.448. The molecule has 0 unspecified atom stereocenters. The van der Waals surface area contributed by atoms with E-state index in [1.54, 1.807) is 18.3 Å². The van der Waals surface area contributed by atoms with Gasteiger partial charge in [-0.3, -0.25) is 4.79 Å². The molecule has 2 aromatic heterocycles. The molecule has 0 amide bonds. The molecule has 6 N–H and O–H groups in total. The quantitative estimate of drug-likeness (QED) is 0.199. The Bertz CT molecular complexity index is 1160. The molecule has 2 atom stereocenters. The number of rotatable bonds is 15. The molecule has 0 spiro atoms. The van der Waals surface area contributed by atoms with Crippen LogP contribution in [0.5, 0.6) is 5.75 Å². The lowest BCUT2D eigenvalue weighted by molar-refractivity contribution is -0.150. The number of hydrogen-bond acceptors (Lipinski definition) is 7. The van der Waals surface area contributed by atoms with E-state index in [4.69, 9.17) is 26.0 Å². The summed E-state index contributed by atoms with van der Waals surface area (Å²) in [5, 5.41) is 19.7. The van der Waals surface area contributed by atoms with E-state index < -0.39 is 24.1 Å². The molecule has 214 valence electrons. The molecule has 0 saturated carbocycles. The largest absolute Gasteiger partial charge is 0.492 e. The first-order valence-corrected chi connectivity index (χ1v) is 14.0. The molecule has 10 heteroatoms. The zero-order valence-corrected chi connectivity index (χ0v) is 23.8. The van der Waals surface area contributed by atoms with Gasteiger partial charge in [0.2, 0.25) is 0 Å². The monoisotopic (exact) mass is 559 g/mol. The Hall–Kier alpha value is -3.18. The second-order valence-electron chi connectivity index (χ2n) is 9.21. The lowest BCUT2D eigenvalue weighted by Gasteiger charge is -2.14. The molecule has 0 aliphatic carbocycles. The van der Waals surface area contributed by atoms with Crippen LogP contribution < -0.4 is 16.2 Å². The summed E-state index contributed by atoms with van der Waals surface area (Å²) in [6.07, 6.45) is 1.69. The van der Waals surface area contributed by atoms with Gasteiger partial charge in [0.1, 0.15) is 18.4 Å². The number of ether oxygens (including phenoxy) is 2. The third-order valence-electron chi connectivity index (χ3n) is 6.04. The Morgan fingerprint density at radius 3 is 2.33 bits per heavy atom. The van der Waals surface area contributed by atoms with Gasteiger partial charge in [0.25, 0.3) is 0 Å². The van der Waals surface area contributed by atoms with Crippen molar-refractivity contribution in [3.8, 4) is 16.3 Å². The number of nitrogens with zero attached hydrogens (tertiary/aromatic N) is 1. The lowest BCUT2D eigenvalue weighted by Crippen LogP contribution is -2.29. The van der Waals surface area contributed by atoms with E-state index in [2.05, 4.69) is 42.0 Å². The highest BCUT2D eigenvalue weighted by Crippen LogP contribution is 2.29. The number of hydrogen-bond donors (Lipinski definition) is 4. The number of aryl methyl sites for hydroxylation is 2. The third kappa shape index (κ3) is 10.8. The van der Waals surface area contributed by atoms with Crippen molar-refractivity contribution in [3.05, 3.63) is 64.7 Å². The van der Waals surface area contributed by atoms with Gasteiger partial charge in [-0.25, -0.2) is 4.79 Å². The number of carboxylic acids is 2. The van der Waals surface area contributed by atoms with Gasteiger partial charge in [-0.15, -0.1) is 11.3 Å². The number of nitrogens with two attached hydrogens (primary N) is 2. The van der Waals surface area contributed by atoms with Gasteiger partial charge in [0.05, 0.1) is 17.1 Å². The highest BCUT2D eigenvalue weighted by Gasteiger charge is 2.18. The maximum atomic E-state index is 11.2. The van der Waals surface area contributed by atoms with Gasteiger partial charge in [-0.1, -0.05) is 18.6 Å². The predicted molar refractivity (Wildman–Crippen MR) is 154 cm³/mol. The summed E-state index contributed by atoms with van der Waals surface area (Å²) in [5.74, 6) is -1.10. The molecular formula is C29H41N3O6S. The van der Waals surface area contributed by atoms with Crippen LogP contribution in [-0.4, -0.2) is 58.6 Å². The van der Waals surface area contributed by atoms with Crippen molar-refractivity contribution in [2.45, 2.75) is 65.1 Å². The van der Waals surface area contributed by atoms with E-state index in [0.717, 1.165) is 30.7 Å². The summed E-state index contributed by atoms with van der Waals surface area (Å²) in [5.41, 5.74) is 15.0. The van der Waals surface area contributed by atoms with Gasteiger partial charge in [0.15, 0.2) is 6.10 Å². The van der Waals surface area contributed by atoms with Crippen molar-refractivity contribution < 1.29 is 29.3 Å². The Balaban J connectivity index is 0.000000455. The molecule has 0 aliphatic heterocycles. The first-order chi connectivity index (χ1) is 18.7. The molecule has 0 fully saturated rings. The number of aliphatic carboxylic acids is 2. The third-order valence-corrected chi connectivity index (χ3v) is 7.11. The summed E-state index contributed by atoms with van der Waals surface area (Å²) < 4.78 is 13.5. The maximum Gasteiger partial charge on any atom is 0.333 e. The fourth-order valence-electron chi connectivity index (χ4n) is 3.89. The Labute approximate surface area is 234 Å². The molecule has 9 nitrogen and oxygen atoms in total. The Morgan fingerprint density at radius 2 is 1.77 bits per heavy atom. The molecule has 3 rings (SSSR count). The van der Waals surface area contributed by atoms with Crippen LogP contribution in [0.3, 0.4) is 0 Å². The molecular weight excluding hydrogens is 518 g/mol. The fourth-order valence-corrected chi connectivity index (χ4v) is 4.82. The van der Waals surface area contributed by atoms with E-state index in [1.165, 1.54) is 21.8 Å². The van der Waals surface area contributed by atoms with Crippen LogP contribution in [0.2, 0.25) is 0 Å². The molecule has 0 saturated heterocycles. The number of unbranched alkanes of at least 4 members (excludes halogenated alkanes) is 1. The van der Waals surface area contributed by atoms with Crippen LogP contribution in [-0.2, 0) is 27.3 Å². The van der Waals surface area contributed by atoms with Crippen LogP contribution in [0.1, 0.15) is 43.0 Å². The normalized spacial score (nSPS) is 12.3. The molecule has 2 heterocycles. The van der Waals surface area contributed by atoms with E-state index >= 15 is 0 Å². The van der Waals surface area contributed by atoms with E-state index in [-0.39, 0.29) is 0 Å². The van der Waals surface area contributed by atoms with E-state index in [1.807, 2.05) is 24.3 Å². The van der Waals surface area contributed by atoms with E-state index in [0.29, 0.717) is 32.6 Å². The first-order valence-electron chi connectivity index (χ1n) is 13.1. The molecule has 0 bridgehead atoms. The summed E-state index contributed by atoms with van der Waals surface area (Å²) in [6, 6.07) is 13.3. The van der Waals surface area contributed by atoms with Crippen LogP contribution in [0.4, 0.5) is 0 Å². The number of carboxylic acid groups (broad SMARTS) is 2. The van der Waals surface area contributed by atoms with Gasteiger partial charge in [0, 0.05) is 18.7 Å². The summed E-state index contributed by atoms with van der Waals surface area (Å²) in [7, 11) is 0. The second-order valence-corrected chi connectivity index (χ2v) is 10.1. The standard InChI is InChI=1S/C23H27NO4S.C6H14N2O2/c1-4-27-21(23(25)26)14-18-6-8-19(9-7-18)28-12-11-24-17(3)5-10-20(24)22-13-16(2)15-29-22;7-4-2-1-3-5(8)6(9)10/h5-10,13,15,21H,4,11-12,14H2,1-3H3,(H,25,26);5H,1-4,7-8H2,(H,9,10)/t21-;5-/m00/s1. The molecule has 0 radical (unpaired) electrons. The highest BCUT2D eigenvalue weighted by atomic mass is 32.1. The molecule has 39 heavy (non-hydrogen) atoms. The number of benzene rings is 1. The van der Waals surface area contributed by atoms with Crippen molar-refractivity contribution in [1.82, 2.24) is 4.57 Å². The van der Waals surface area contributed by atoms with E-state index in [9.17, 15) is 14.7 Å². The SMILES string of the molecule is CCO[C@@H](Cc1ccc(OCCn2c(C)ccc2-c2cc(C)cs2)cc1)C(=O)O.NCCCC[C@H](N)C(=O)O. The summed E-state index contributed by atoms with van der Waals surface area (Å²) in [4.78, 5) is 22.6. The van der Waals surface area contributed by atoms with Crippen molar-refractivity contribution in [2.75, 3.05) is 19.8 Å². The second kappa shape index (κ2) is 16.7.